The molecule has 0 spiro atoms. The fraction of sp³-hybridized carbons (Fsp3) is 0.667. The molecule has 2 saturated heterocycles. The van der Waals surface area contributed by atoms with E-state index in [-0.39, 0.29) is 0 Å². The average molecular weight is 337 g/mol. The highest BCUT2D eigenvalue weighted by Crippen LogP contribution is 2.31. The first kappa shape index (κ1) is 18.1. The van der Waals surface area contributed by atoms with Crippen molar-refractivity contribution >= 4 is 17.4 Å². The highest BCUT2D eigenvalue weighted by Gasteiger charge is 2.27. The van der Waals surface area contributed by atoms with E-state index in [0.717, 1.165) is 37.6 Å². The Labute approximate surface area is 145 Å². The van der Waals surface area contributed by atoms with Gasteiger partial charge in [-0.15, -0.1) is 0 Å². The van der Waals surface area contributed by atoms with E-state index < -0.39 is 0 Å². The fourth-order valence-electron chi connectivity index (χ4n) is 3.07. The number of piperidine rings is 1. The number of nitrogens with zero attached hydrogens (tertiary/aromatic N) is 3. The van der Waals surface area contributed by atoms with Gasteiger partial charge in [-0.25, -0.2) is 9.97 Å². The number of nitrogens with one attached hydrogen (secondary N) is 1. The van der Waals surface area contributed by atoms with Gasteiger partial charge in [0.1, 0.15) is 5.82 Å². The summed E-state index contributed by atoms with van der Waals surface area (Å²) in [5.41, 5.74) is 2.58. The fourth-order valence-corrected chi connectivity index (χ4v) is 3.26. The van der Waals surface area contributed by atoms with Crippen LogP contribution in [0.4, 0.5) is 5.82 Å². The van der Waals surface area contributed by atoms with Gasteiger partial charge in [0.25, 0.3) is 0 Å². The normalized spacial score (nSPS) is 19.8. The largest absolute Gasteiger partial charge is 0.389 e. The predicted molar refractivity (Wildman–Crippen MR) is 98.0 cm³/mol. The summed E-state index contributed by atoms with van der Waals surface area (Å²) in [4.78, 5) is 10.9. The number of rotatable bonds is 2. The predicted octanol–water partition coefficient (Wildman–Crippen LogP) is 4.20. The molecule has 5 heteroatoms. The molecule has 0 unspecified atom stereocenters. The Hall–Kier alpha value is -1.29. The van der Waals surface area contributed by atoms with Crippen LogP contribution in [0, 0.1) is 5.41 Å². The molecule has 0 aromatic carbocycles. The average Bonchev–Trinajstić information content (AvgIpc) is 2.97. The molecule has 2 aliphatic heterocycles. The van der Waals surface area contributed by atoms with Crippen LogP contribution in [0.3, 0.4) is 0 Å². The van der Waals surface area contributed by atoms with Gasteiger partial charge in [0.05, 0.1) is 0 Å². The van der Waals surface area contributed by atoms with Gasteiger partial charge < -0.3 is 10.2 Å². The number of anilines is 1. The maximum atomic E-state index is 5.97. The molecule has 1 aromatic heterocycles. The molecule has 0 saturated carbocycles. The van der Waals surface area contributed by atoms with Gasteiger partial charge in [-0.1, -0.05) is 27.4 Å². The number of aromatic nitrogens is 2. The topological polar surface area (TPSA) is 41.0 Å². The van der Waals surface area contributed by atoms with Crippen molar-refractivity contribution in [3.8, 4) is 0 Å². The number of halogens is 1. The van der Waals surface area contributed by atoms with Crippen molar-refractivity contribution in [1.29, 1.82) is 0 Å². The Morgan fingerprint density at radius 3 is 2.65 bits per heavy atom. The zero-order valence-electron chi connectivity index (χ0n) is 14.7. The van der Waals surface area contributed by atoms with Crippen LogP contribution < -0.4 is 10.2 Å². The number of hydrogen-bond acceptors (Lipinski definition) is 4. The Morgan fingerprint density at radius 1 is 1.35 bits per heavy atom. The van der Waals surface area contributed by atoms with Crippen LogP contribution in [0.5, 0.6) is 0 Å². The third-order valence-electron chi connectivity index (χ3n) is 4.36. The second-order valence-corrected chi connectivity index (χ2v) is 7.50. The molecule has 128 valence electrons. The van der Waals surface area contributed by atoms with Gasteiger partial charge in [0.2, 0.25) is 5.28 Å². The van der Waals surface area contributed by atoms with E-state index in [1.54, 1.807) is 0 Å². The van der Waals surface area contributed by atoms with Crippen LogP contribution in [0.2, 0.25) is 5.28 Å². The van der Waals surface area contributed by atoms with E-state index in [1.165, 1.54) is 31.4 Å². The quantitative estimate of drug-likeness (QED) is 0.822. The van der Waals surface area contributed by atoms with E-state index in [9.17, 15) is 0 Å². The summed E-state index contributed by atoms with van der Waals surface area (Å²) in [6, 6.07) is 2.06. The summed E-state index contributed by atoms with van der Waals surface area (Å²) in [7, 11) is 0. The lowest BCUT2D eigenvalue weighted by atomic mass is 9.84. The lowest BCUT2D eigenvalue weighted by Gasteiger charge is -2.38. The first-order valence-corrected chi connectivity index (χ1v) is 8.97. The molecule has 0 bridgehead atoms. The maximum Gasteiger partial charge on any atom is 0.224 e. The molecular formula is C18H29ClN4. The number of hydrogen-bond donors (Lipinski definition) is 1. The molecule has 3 rings (SSSR count). The third-order valence-corrected chi connectivity index (χ3v) is 4.52. The van der Waals surface area contributed by atoms with Crippen molar-refractivity contribution in [2.24, 2.45) is 5.41 Å². The third kappa shape index (κ3) is 5.69. The molecule has 4 nitrogen and oxygen atoms in total. The number of aryl methyl sites for hydroxylation is 1. The van der Waals surface area contributed by atoms with Gasteiger partial charge in [0, 0.05) is 37.1 Å². The van der Waals surface area contributed by atoms with Crippen LogP contribution >= 0.6 is 11.6 Å². The van der Waals surface area contributed by atoms with Gasteiger partial charge in [-0.3, -0.25) is 0 Å². The Bertz CT molecular complexity index is 534. The molecular weight excluding hydrogens is 308 g/mol. The summed E-state index contributed by atoms with van der Waals surface area (Å²) in [6.07, 6.45) is 5.85. The summed E-state index contributed by atoms with van der Waals surface area (Å²) in [5, 5.41) is 3.49. The summed E-state index contributed by atoms with van der Waals surface area (Å²) in [6.45, 7) is 13.7. The number of allylic oxidation sites excluding steroid dienone is 1. The standard InChI is InChI=1S/C13H20ClN3.C5H9N/c1-4-10-8-11(16-12(14)15-10)17-7-5-6-13(2,3)9-17;1-5-3-2-4-6-5/h8H,4-7,9H2,1-3H3;6H,1-4H2. The van der Waals surface area contributed by atoms with Crippen molar-refractivity contribution in [2.45, 2.75) is 52.9 Å². The first-order chi connectivity index (χ1) is 10.9. The molecule has 3 heterocycles. The van der Waals surface area contributed by atoms with Gasteiger partial charge >= 0.3 is 0 Å². The smallest absolute Gasteiger partial charge is 0.224 e. The van der Waals surface area contributed by atoms with Crippen molar-refractivity contribution in [3.05, 3.63) is 29.3 Å². The van der Waals surface area contributed by atoms with Crippen molar-refractivity contribution in [3.63, 3.8) is 0 Å². The van der Waals surface area contributed by atoms with Crippen LogP contribution in [-0.4, -0.2) is 29.6 Å². The summed E-state index contributed by atoms with van der Waals surface area (Å²) >= 11 is 5.97. The van der Waals surface area contributed by atoms with Gasteiger partial charge in [-0.2, -0.15) is 0 Å². The molecule has 0 radical (unpaired) electrons. The van der Waals surface area contributed by atoms with Crippen LogP contribution in [-0.2, 0) is 6.42 Å². The van der Waals surface area contributed by atoms with E-state index in [0.29, 0.717) is 10.7 Å². The highest BCUT2D eigenvalue weighted by molar-refractivity contribution is 6.28. The molecule has 23 heavy (non-hydrogen) atoms. The first-order valence-electron chi connectivity index (χ1n) is 8.60. The van der Waals surface area contributed by atoms with E-state index in [4.69, 9.17) is 11.6 Å². The minimum atomic E-state index is 0.363. The van der Waals surface area contributed by atoms with Crippen LogP contribution in [0.25, 0.3) is 0 Å². The highest BCUT2D eigenvalue weighted by atomic mass is 35.5. The Balaban J connectivity index is 0.000000268. The van der Waals surface area contributed by atoms with E-state index in [2.05, 4.69) is 53.6 Å². The zero-order chi connectivity index (χ0) is 16.9. The minimum absolute atomic E-state index is 0.363. The Morgan fingerprint density at radius 2 is 2.13 bits per heavy atom. The Kier molecular flexibility index (Phi) is 6.28. The van der Waals surface area contributed by atoms with E-state index >= 15 is 0 Å². The molecule has 0 aliphatic carbocycles. The molecule has 1 N–H and O–H groups in total. The van der Waals surface area contributed by atoms with Crippen molar-refractivity contribution < 1.29 is 0 Å². The monoisotopic (exact) mass is 336 g/mol. The lowest BCUT2D eigenvalue weighted by molar-refractivity contribution is 0.292. The molecule has 2 aliphatic rings. The minimum Gasteiger partial charge on any atom is -0.389 e. The summed E-state index contributed by atoms with van der Waals surface area (Å²) < 4.78 is 0. The molecule has 2 fully saturated rings. The van der Waals surface area contributed by atoms with Crippen LogP contribution in [0.15, 0.2) is 18.3 Å². The van der Waals surface area contributed by atoms with Crippen molar-refractivity contribution in [2.75, 3.05) is 24.5 Å². The van der Waals surface area contributed by atoms with E-state index in [1.807, 2.05) is 0 Å². The second-order valence-electron chi connectivity index (χ2n) is 7.16. The lowest BCUT2D eigenvalue weighted by Crippen LogP contribution is -2.40. The second kappa shape index (κ2) is 8.00. The molecule has 0 atom stereocenters. The maximum absolute atomic E-state index is 5.97. The van der Waals surface area contributed by atoms with Crippen LogP contribution in [0.1, 0.15) is 52.1 Å². The molecule has 1 aromatic rings. The summed E-state index contributed by atoms with van der Waals surface area (Å²) in [5.74, 6) is 0.981. The van der Waals surface area contributed by atoms with Gasteiger partial charge in [0.15, 0.2) is 0 Å². The zero-order valence-corrected chi connectivity index (χ0v) is 15.4. The van der Waals surface area contributed by atoms with Gasteiger partial charge in [-0.05, 0) is 49.1 Å². The molecule has 0 amide bonds. The van der Waals surface area contributed by atoms with Crippen molar-refractivity contribution in [1.82, 2.24) is 15.3 Å². The SMILES string of the molecule is C=C1CCCN1.CCc1cc(N2CCCC(C)(C)C2)nc(Cl)n1.